The number of aliphatic hydroxyl groups excluding tert-OH is 3. The summed E-state index contributed by atoms with van der Waals surface area (Å²) in [5.74, 6) is -1.38. The molecule has 0 amide bonds. The lowest BCUT2D eigenvalue weighted by Gasteiger charge is -2.35. The number of rotatable bonds is 3. The molecule has 24 heavy (non-hydrogen) atoms. The third-order valence-corrected chi connectivity index (χ3v) is 4.88. The SMILES string of the molecule is CN1CCC[C@H]1c1ccc[n+]([C@@H]2OC(C(=O)O)[C@@H](O)[C@@H](O)C2O)c1. The smallest absolute Gasteiger partial charge is 0.335 e. The summed E-state index contributed by atoms with van der Waals surface area (Å²) in [6.45, 7) is 1.01. The fourth-order valence-electron chi connectivity index (χ4n) is 3.51. The van der Waals surface area contributed by atoms with E-state index < -0.39 is 36.6 Å². The molecule has 2 aliphatic rings. The largest absolute Gasteiger partial charge is 0.479 e. The van der Waals surface area contributed by atoms with Crippen LogP contribution in [0.25, 0.3) is 0 Å². The molecule has 2 unspecified atom stereocenters. The molecular weight excluding hydrogens is 316 g/mol. The van der Waals surface area contributed by atoms with Crippen LogP contribution in [0.4, 0.5) is 0 Å². The van der Waals surface area contributed by atoms with Gasteiger partial charge in [-0.2, -0.15) is 4.57 Å². The van der Waals surface area contributed by atoms with E-state index in [1.54, 1.807) is 23.0 Å². The lowest BCUT2D eigenvalue weighted by Crippen LogP contribution is -2.63. The van der Waals surface area contributed by atoms with Gasteiger partial charge in [0.05, 0.1) is 0 Å². The van der Waals surface area contributed by atoms with E-state index in [0.29, 0.717) is 0 Å². The van der Waals surface area contributed by atoms with Gasteiger partial charge in [-0.1, -0.05) is 0 Å². The van der Waals surface area contributed by atoms with Gasteiger partial charge in [0.2, 0.25) is 0 Å². The van der Waals surface area contributed by atoms with E-state index >= 15 is 0 Å². The Labute approximate surface area is 139 Å². The van der Waals surface area contributed by atoms with Gasteiger partial charge in [-0.3, -0.25) is 4.90 Å². The van der Waals surface area contributed by atoms with E-state index in [-0.39, 0.29) is 6.04 Å². The van der Waals surface area contributed by atoms with Crippen molar-refractivity contribution < 1.29 is 34.5 Å². The maximum atomic E-state index is 11.2. The second-order valence-corrected chi connectivity index (χ2v) is 6.48. The maximum Gasteiger partial charge on any atom is 0.335 e. The van der Waals surface area contributed by atoms with Crippen LogP contribution in [-0.4, -0.2) is 69.3 Å². The first kappa shape index (κ1) is 17.2. The van der Waals surface area contributed by atoms with Crippen LogP contribution >= 0.6 is 0 Å². The zero-order valence-corrected chi connectivity index (χ0v) is 13.4. The number of carbonyl (C=O) groups is 1. The van der Waals surface area contributed by atoms with E-state index in [0.717, 1.165) is 24.9 Å². The molecule has 8 heteroatoms. The molecule has 0 bridgehead atoms. The molecule has 2 fully saturated rings. The van der Waals surface area contributed by atoms with Crippen LogP contribution in [0.2, 0.25) is 0 Å². The van der Waals surface area contributed by atoms with E-state index in [1.807, 2.05) is 13.1 Å². The molecule has 4 N–H and O–H groups in total. The lowest BCUT2D eigenvalue weighted by atomic mass is 9.97. The number of ether oxygens (including phenoxy) is 1. The van der Waals surface area contributed by atoms with E-state index in [9.17, 15) is 20.1 Å². The van der Waals surface area contributed by atoms with Crippen LogP contribution in [0.15, 0.2) is 24.5 Å². The average Bonchev–Trinajstić information content (AvgIpc) is 2.99. The highest BCUT2D eigenvalue weighted by Crippen LogP contribution is 2.30. The third kappa shape index (κ3) is 3.03. The summed E-state index contributed by atoms with van der Waals surface area (Å²) in [6, 6.07) is 4.02. The summed E-state index contributed by atoms with van der Waals surface area (Å²) in [6.07, 6.45) is -1.84. The molecule has 2 aliphatic heterocycles. The van der Waals surface area contributed by atoms with Gasteiger partial charge >= 0.3 is 5.97 Å². The summed E-state index contributed by atoms with van der Waals surface area (Å²) in [5, 5.41) is 39.1. The Morgan fingerprint density at radius 3 is 2.67 bits per heavy atom. The minimum atomic E-state index is -1.68. The van der Waals surface area contributed by atoms with Gasteiger partial charge < -0.3 is 25.2 Å². The fourth-order valence-corrected chi connectivity index (χ4v) is 3.51. The summed E-state index contributed by atoms with van der Waals surface area (Å²) in [4.78, 5) is 13.5. The van der Waals surface area contributed by atoms with Crippen molar-refractivity contribution >= 4 is 5.97 Å². The number of nitrogens with zero attached hydrogens (tertiary/aromatic N) is 2. The molecule has 2 saturated heterocycles. The number of carboxylic acids is 1. The fraction of sp³-hybridized carbons (Fsp3) is 0.625. The summed E-state index contributed by atoms with van der Waals surface area (Å²) in [5.41, 5.74) is 1.03. The topological polar surface area (TPSA) is 114 Å². The Hall–Kier alpha value is -1.58. The quantitative estimate of drug-likeness (QED) is 0.512. The highest BCUT2D eigenvalue weighted by Gasteiger charge is 2.51. The number of aliphatic carboxylic acids is 1. The number of likely N-dealkylation sites (tertiary alicyclic amines) is 1. The molecule has 1 aromatic rings. The van der Waals surface area contributed by atoms with Crippen LogP contribution in [-0.2, 0) is 9.53 Å². The number of pyridine rings is 1. The minimum absolute atomic E-state index is 0.254. The number of aliphatic hydroxyl groups is 3. The van der Waals surface area contributed by atoms with Crippen molar-refractivity contribution in [2.45, 2.75) is 49.5 Å². The Bertz CT molecular complexity index is 612. The number of aromatic nitrogens is 1. The van der Waals surface area contributed by atoms with Gasteiger partial charge in [0.1, 0.15) is 12.2 Å². The van der Waals surface area contributed by atoms with Gasteiger partial charge in [-0.15, -0.1) is 0 Å². The second-order valence-electron chi connectivity index (χ2n) is 6.48. The molecule has 3 rings (SSSR count). The molecule has 0 radical (unpaired) electrons. The Kier molecular flexibility index (Phi) is 4.84. The molecule has 132 valence electrons. The predicted octanol–water partition coefficient (Wildman–Crippen LogP) is -1.19. The highest BCUT2D eigenvalue weighted by molar-refractivity contribution is 5.73. The Balaban J connectivity index is 1.88. The van der Waals surface area contributed by atoms with Crippen LogP contribution in [0, 0.1) is 0 Å². The van der Waals surface area contributed by atoms with Crippen molar-refractivity contribution in [2.75, 3.05) is 13.6 Å². The maximum absolute atomic E-state index is 11.2. The van der Waals surface area contributed by atoms with Gasteiger partial charge in [0, 0.05) is 17.7 Å². The molecule has 3 heterocycles. The van der Waals surface area contributed by atoms with E-state index in [4.69, 9.17) is 9.84 Å². The van der Waals surface area contributed by atoms with Gasteiger partial charge in [-0.25, -0.2) is 4.79 Å². The van der Waals surface area contributed by atoms with Crippen molar-refractivity contribution in [3.8, 4) is 0 Å². The first-order chi connectivity index (χ1) is 11.4. The Morgan fingerprint density at radius 1 is 1.29 bits per heavy atom. The number of carboxylic acid groups (broad SMARTS) is 1. The predicted molar refractivity (Wildman–Crippen MR) is 80.8 cm³/mol. The molecule has 1 aromatic heterocycles. The van der Waals surface area contributed by atoms with Crippen molar-refractivity contribution in [2.24, 2.45) is 0 Å². The standard InChI is InChI=1S/C16H22N2O6/c1-17-6-3-5-10(17)9-4-2-7-18(8-9)15-13(21)11(19)12(20)14(24-15)16(22)23/h2,4,7-8,10-15,19-21H,3,5-6H2,1H3/p+1/t10-,11+,12-,13?,14?,15+/m0/s1. The first-order valence-corrected chi connectivity index (χ1v) is 8.03. The molecule has 0 spiro atoms. The van der Waals surface area contributed by atoms with Crippen molar-refractivity contribution in [1.29, 1.82) is 0 Å². The zero-order valence-electron chi connectivity index (χ0n) is 13.4. The minimum Gasteiger partial charge on any atom is -0.479 e. The number of hydrogen-bond acceptors (Lipinski definition) is 6. The van der Waals surface area contributed by atoms with Crippen molar-refractivity contribution in [3.63, 3.8) is 0 Å². The normalized spacial score (nSPS) is 37.5. The average molecular weight is 339 g/mol. The van der Waals surface area contributed by atoms with E-state index in [2.05, 4.69) is 4.90 Å². The van der Waals surface area contributed by atoms with E-state index in [1.165, 1.54) is 0 Å². The monoisotopic (exact) mass is 339 g/mol. The summed E-state index contributed by atoms with van der Waals surface area (Å²) >= 11 is 0. The van der Waals surface area contributed by atoms with Crippen LogP contribution in [0.1, 0.15) is 30.7 Å². The highest BCUT2D eigenvalue weighted by atomic mass is 16.6. The second kappa shape index (κ2) is 6.73. The molecule has 0 aromatic carbocycles. The summed E-state index contributed by atoms with van der Waals surface area (Å²) < 4.78 is 6.92. The first-order valence-electron chi connectivity index (χ1n) is 8.03. The van der Waals surface area contributed by atoms with Gasteiger partial charge in [0.25, 0.3) is 6.23 Å². The number of hydrogen-bond donors (Lipinski definition) is 4. The molecular formula is C16H23N2O6+. The Morgan fingerprint density at radius 2 is 2.04 bits per heavy atom. The van der Waals surface area contributed by atoms with Crippen LogP contribution < -0.4 is 4.57 Å². The van der Waals surface area contributed by atoms with Crippen LogP contribution in [0.3, 0.4) is 0 Å². The molecule has 0 aliphatic carbocycles. The molecule has 6 atom stereocenters. The van der Waals surface area contributed by atoms with Crippen molar-refractivity contribution in [1.82, 2.24) is 4.90 Å². The van der Waals surface area contributed by atoms with Gasteiger partial charge in [0.15, 0.2) is 24.6 Å². The van der Waals surface area contributed by atoms with Gasteiger partial charge in [-0.05, 0) is 32.5 Å². The third-order valence-electron chi connectivity index (χ3n) is 4.88. The zero-order chi connectivity index (χ0) is 17.4. The molecule has 0 saturated carbocycles. The van der Waals surface area contributed by atoms with Crippen molar-refractivity contribution in [3.05, 3.63) is 30.1 Å². The lowest BCUT2D eigenvalue weighted by molar-refractivity contribution is -0.777. The molecule has 8 nitrogen and oxygen atoms in total. The van der Waals surface area contributed by atoms with Crippen LogP contribution in [0.5, 0.6) is 0 Å². The summed E-state index contributed by atoms with van der Waals surface area (Å²) in [7, 11) is 2.04.